The Morgan fingerprint density at radius 3 is 1.61 bits per heavy atom. The van der Waals surface area contributed by atoms with E-state index in [0.29, 0.717) is 11.4 Å². The minimum absolute atomic E-state index is 0.306. The van der Waals surface area contributed by atoms with E-state index < -0.39 is 23.6 Å². The molecular weight excluding hydrogens is 478 g/mol. The van der Waals surface area contributed by atoms with Crippen LogP contribution >= 0.6 is 0 Å². The van der Waals surface area contributed by atoms with Gasteiger partial charge in [0.1, 0.15) is 5.69 Å². The Balaban J connectivity index is 0. The van der Waals surface area contributed by atoms with E-state index >= 15 is 0 Å². The number of rotatable bonds is 6. The maximum Gasteiger partial charge on any atom is 0.433 e. The molecule has 0 atom stereocenters. The second-order valence-electron chi connectivity index (χ2n) is 7.97. The fourth-order valence-electron chi connectivity index (χ4n) is 2.62. The SMILES string of the molecule is CC.CCCCC.CCCCC(C)=Nc1ccc(C(F)(F)F)nc1C.Cc1ccc(C(F)(F)F)cc1. The molecule has 0 aliphatic heterocycles. The smallest absolute Gasteiger partial charge is 0.256 e. The van der Waals surface area contributed by atoms with Gasteiger partial charge in [-0.2, -0.15) is 26.3 Å². The summed E-state index contributed by atoms with van der Waals surface area (Å²) in [5.41, 5.74) is 1.10. The number of pyridine rings is 1. The number of nitrogens with zero attached hydrogens (tertiary/aromatic N) is 2. The van der Waals surface area contributed by atoms with Crippen molar-refractivity contribution in [2.45, 2.75) is 106 Å². The van der Waals surface area contributed by atoms with Crippen molar-refractivity contribution < 1.29 is 26.3 Å². The van der Waals surface area contributed by atoms with Crippen LogP contribution in [0.4, 0.5) is 32.0 Å². The van der Waals surface area contributed by atoms with Gasteiger partial charge in [0.15, 0.2) is 0 Å². The van der Waals surface area contributed by atoms with Gasteiger partial charge >= 0.3 is 12.4 Å². The highest BCUT2D eigenvalue weighted by molar-refractivity contribution is 5.84. The van der Waals surface area contributed by atoms with Crippen LogP contribution in [-0.4, -0.2) is 10.7 Å². The summed E-state index contributed by atoms with van der Waals surface area (Å²) in [6, 6.07) is 7.40. The normalized spacial score (nSPS) is 11.3. The lowest BCUT2D eigenvalue weighted by Crippen LogP contribution is -2.08. The Hall–Kier alpha value is -2.38. The van der Waals surface area contributed by atoms with Crippen LogP contribution in [0.3, 0.4) is 0 Å². The van der Waals surface area contributed by atoms with Gasteiger partial charge in [-0.25, -0.2) is 4.98 Å². The fourth-order valence-corrected chi connectivity index (χ4v) is 2.62. The molecule has 0 saturated heterocycles. The van der Waals surface area contributed by atoms with Gasteiger partial charge in [-0.15, -0.1) is 0 Å². The maximum atomic E-state index is 12.4. The maximum absolute atomic E-state index is 12.4. The van der Waals surface area contributed by atoms with E-state index in [-0.39, 0.29) is 0 Å². The molecule has 36 heavy (non-hydrogen) atoms. The summed E-state index contributed by atoms with van der Waals surface area (Å²) in [4.78, 5) is 7.85. The minimum Gasteiger partial charge on any atom is -0.256 e. The first-order chi connectivity index (χ1) is 16.8. The zero-order valence-electron chi connectivity index (χ0n) is 22.9. The van der Waals surface area contributed by atoms with Gasteiger partial charge in [0.2, 0.25) is 0 Å². The van der Waals surface area contributed by atoms with Gasteiger partial charge in [0.25, 0.3) is 0 Å². The van der Waals surface area contributed by atoms with Gasteiger partial charge in [-0.3, -0.25) is 4.99 Å². The molecule has 0 saturated carbocycles. The zero-order chi connectivity index (χ0) is 28.4. The molecule has 0 radical (unpaired) electrons. The third-order valence-electron chi connectivity index (χ3n) is 4.64. The molecule has 0 unspecified atom stereocenters. The standard InChI is InChI=1S/C13H17F3N2.C8H7F3.C5H12.C2H6/c1-4-5-6-9(2)17-11-7-8-12(13(14,15)16)18-10(11)3;1-6-2-4-7(5-3-6)8(9,10)11;1-3-5-4-2;1-2/h7-8H,4-6H2,1-3H3;2-5H,1H3;3-5H2,1-2H3;1-2H3. The average molecular weight is 521 g/mol. The number of alkyl halides is 6. The van der Waals surface area contributed by atoms with E-state index in [2.05, 4.69) is 30.7 Å². The first-order valence-corrected chi connectivity index (χ1v) is 12.5. The molecule has 2 aromatic rings. The fraction of sp³-hybridized carbons (Fsp3) is 0.571. The Labute approximate surface area is 213 Å². The predicted octanol–water partition coefficient (Wildman–Crippen LogP) is 10.9. The van der Waals surface area contributed by atoms with E-state index in [0.717, 1.165) is 48.7 Å². The quantitative estimate of drug-likeness (QED) is 0.275. The van der Waals surface area contributed by atoms with Crippen LogP contribution in [0.2, 0.25) is 0 Å². The van der Waals surface area contributed by atoms with E-state index in [9.17, 15) is 26.3 Å². The lowest BCUT2D eigenvalue weighted by atomic mass is 10.1. The van der Waals surface area contributed by atoms with Crippen LogP contribution in [0.15, 0.2) is 41.4 Å². The number of benzene rings is 1. The molecule has 8 heteroatoms. The molecule has 0 fully saturated rings. The first kappa shape index (κ1) is 35.8. The molecular formula is C28H42F6N2. The van der Waals surface area contributed by atoms with Gasteiger partial charge in [-0.05, 0) is 57.9 Å². The number of unbranched alkanes of at least 4 members (excludes halogenated alkanes) is 3. The minimum atomic E-state index is -4.40. The van der Waals surface area contributed by atoms with Crippen molar-refractivity contribution >= 4 is 11.4 Å². The van der Waals surface area contributed by atoms with E-state index in [1.165, 1.54) is 37.5 Å². The monoisotopic (exact) mass is 520 g/mol. The number of aryl methyl sites for hydroxylation is 2. The summed E-state index contributed by atoms with van der Waals surface area (Å²) in [5, 5.41) is 0. The van der Waals surface area contributed by atoms with Crippen LogP contribution in [0, 0.1) is 13.8 Å². The summed E-state index contributed by atoms with van der Waals surface area (Å²) in [7, 11) is 0. The molecule has 0 amide bonds. The van der Waals surface area contributed by atoms with Crippen molar-refractivity contribution in [1.29, 1.82) is 0 Å². The lowest BCUT2D eigenvalue weighted by molar-refractivity contribution is -0.141. The molecule has 0 N–H and O–H groups in total. The third-order valence-corrected chi connectivity index (χ3v) is 4.64. The second kappa shape index (κ2) is 18.8. The summed E-state index contributed by atoms with van der Waals surface area (Å²) in [6.07, 6.45) is -1.58. The molecule has 0 spiro atoms. The number of aromatic nitrogens is 1. The second-order valence-corrected chi connectivity index (χ2v) is 7.97. The van der Waals surface area contributed by atoms with Crippen LogP contribution in [0.1, 0.15) is 103 Å². The van der Waals surface area contributed by atoms with Crippen LogP contribution < -0.4 is 0 Å². The Bertz CT molecular complexity index is 852. The molecule has 0 aliphatic rings. The number of hydrogen-bond acceptors (Lipinski definition) is 2. The molecule has 206 valence electrons. The van der Waals surface area contributed by atoms with E-state index in [1.54, 1.807) is 13.8 Å². The molecule has 1 aromatic carbocycles. The number of hydrogen-bond donors (Lipinski definition) is 0. The van der Waals surface area contributed by atoms with Crippen molar-refractivity contribution in [3.63, 3.8) is 0 Å². The Kier molecular flexibility index (Phi) is 18.7. The van der Waals surface area contributed by atoms with Crippen molar-refractivity contribution in [3.05, 3.63) is 58.9 Å². The highest BCUT2D eigenvalue weighted by Crippen LogP contribution is 2.30. The van der Waals surface area contributed by atoms with Crippen molar-refractivity contribution in [1.82, 2.24) is 4.98 Å². The van der Waals surface area contributed by atoms with Gasteiger partial charge in [-0.1, -0.05) is 78.0 Å². The average Bonchev–Trinajstić information content (AvgIpc) is 2.81. The Morgan fingerprint density at radius 2 is 1.25 bits per heavy atom. The zero-order valence-corrected chi connectivity index (χ0v) is 22.9. The highest BCUT2D eigenvalue weighted by Gasteiger charge is 2.32. The molecule has 0 aliphatic carbocycles. The summed E-state index contributed by atoms with van der Waals surface area (Å²) in [6.45, 7) is 15.7. The molecule has 1 heterocycles. The molecule has 0 bridgehead atoms. The van der Waals surface area contributed by atoms with Crippen molar-refractivity contribution in [3.8, 4) is 0 Å². The summed E-state index contributed by atoms with van der Waals surface area (Å²) >= 11 is 0. The highest BCUT2D eigenvalue weighted by atomic mass is 19.4. The first-order valence-electron chi connectivity index (χ1n) is 12.5. The number of aliphatic imine (C=N–C) groups is 1. The van der Waals surface area contributed by atoms with E-state index in [1.807, 2.05) is 20.8 Å². The summed E-state index contributed by atoms with van der Waals surface area (Å²) < 4.78 is 73.0. The van der Waals surface area contributed by atoms with Crippen molar-refractivity contribution in [2.75, 3.05) is 0 Å². The Morgan fingerprint density at radius 1 is 0.750 bits per heavy atom. The molecule has 1 aromatic heterocycles. The molecule has 2 nitrogen and oxygen atoms in total. The van der Waals surface area contributed by atoms with Crippen LogP contribution in [-0.2, 0) is 12.4 Å². The topological polar surface area (TPSA) is 25.2 Å². The largest absolute Gasteiger partial charge is 0.433 e. The van der Waals surface area contributed by atoms with Gasteiger partial charge < -0.3 is 0 Å². The van der Waals surface area contributed by atoms with Crippen molar-refractivity contribution in [2.24, 2.45) is 4.99 Å². The molecule has 2 rings (SSSR count). The van der Waals surface area contributed by atoms with Gasteiger partial charge in [0.05, 0.1) is 16.9 Å². The predicted molar refractivity (Wildman–Crippen MR) is 139 cm³/mol. The van der Waals surface area contributed by atoms with Crippen LogP contribution in [0.25, 0.3) is 0 Å². The lowest BCUT2D eigenvalue weighted by Gasteiger charge is -2.08. The van der Waals surface area contributed by atoms with Crippen LogP contribution in [0.5, 0.6) is 0 Å². The number of halogens is 6. The third kappa shape index (κ3) is 16.3. The van der Waals surface area contributed by atoms with Gasteiger partial charge in [0, 0.05) is 5.71 Å². The summed E-state index contributed by atoms with van der Waals surface area (Å²) in [5.74, 6) is 0. The van der Waals surface area contributed by atoms with E-state index in [4.69, 9.17) is 0 Å².